The lowest BCUT2D eigenvalue weighted by Crippen LogP contribution is -2.42. The van der Waals surface area contributed by atoms with Gasteiger partial charge in [0, 0.05) is 13.5 Å². The van der Waals surface area contributed by atoms with Crippen LogP contribution in [0, 0.1) is 0 Å². The van der Waals surface area contributed by atoms with E-state index in [4.69, 9.17) is 9.47 Å². The van der Waals surface area contributed by atoms with Crippen molar-refractivity contribution < 1.29 is 19.0 Å². The Labute approximate surface area is 65.4 Å². The quantitative estimate of drug-likeness (QED) is 0.532. The molecule has 1 saturated heterocycles. The summed E-state index contributed by atoms with van der Waals surface area (Å²) in [5.74, 6) is -0.350. The van der Waals surface area contributed by atoms with Crippen LogP contribution in [0.3, 0.4) is 0 Å². The molecule has 11 heavy (non-hydrogen) atoms. The molecule has 0 aromatic rings. The van der Waals surface area contributed by atoms with Gasteiger partial charge in [0.15, 0.2) is 5.60 Å². The zero-order valence-electron chi connectivity index (χ0n) is 6.75. The van der Waals surface area contributed by atoms with Crippen molar-refractivity contribution in [1.29, 1.82) is 0 Å². The van der Waals surface area contributed by atoms with Gasteiger partial charge in [-0.25, -0.2) is 4.79 Å². The smallest absolute Gasteiger partial charge is 0.340 e. The van der Waals surface area contributed by atoms with E-state index in [0.717, 1.165) is 0 Å². The molecule has 0 amide bonds. The lowest BCUT2D eigenvalue weighted by atomic mass is 10.0. The van der Waals surface area contributed by atoms with E-state index in [1.54, 1.807) is 0 Å². The van der Waals surface area contributed by atoms with Crippen LogP contribution in [0.1, 0.15) is 6.42 Å². The first kappa shape index (κ1) is 8.49. The number of rotatable bonds is 2. The van der Waals surface area contributed by atoms with Crippen LogP contribution in [0.5, 0.6) is 0 Å². The summed E-state index contributed by atoms with van der Waals surface area (Å²) in [7, 11) is 2.84. The summed E-state index contributed by atoms with van der Waals surface area (Å²) in [6.45, 7) is 0.860. The highest BCUT2D eigenvalue weighted by molar-refractivity contribution is 5.80. The first-order valence-electron chi connectivity index (χ1n) is 3.46. The molecule has 0 aromatic carbocycles. The minimum absolute atomic E-state index is 0.302. The topological polar surface area (TPSA) is 44.8 Å². The van der Waals surface area contributed by atoms with Gasteiger partial charge in [-0.3, -0.25) is 0 Å². The minimum atomic E-state index is -0.839. The van der Waals surface area contributed by atoms with E-state index in [1.807, 2.05) is 0 Å². The van der Waals surface area contributed by atoms with Gasteiger partial charge in [-0.15, -0.1) is 0 Å². The Morgan fingerprint density at radius 2 is 2.27 bits per heavy atom. The van der Waals surface area contributed by atoms with Crippen molar-refractivity contribution in [3.63, 3.8) is 0 Å². The summed E-state index contributed by atoms with van der Waals surface area (Å²) in [6.07, 6.45) is 0.580. The van der Waals surface area contributed by atoms with E-state index < -0.39 is 5.60 Å². The number of hydrogen-bond acceptors (Lipinski definition) is 4. The molecule has 0 aromatic heterocycles. The molecule has 1 aliphatic heterocycles. The Kier molecular flexibility index (Phi) is 2.46. The van der Waals surface area contributed by atoms with Gasteiger partial charge in [-0.1, -0.05) is 0 Å². The highest BCUT2D eigenvalue weighted by Crippen LogP contribution is 2.23. The number of esters is 1. The molecule has 0 saturated carbocycles. The van der Waals surface area contributed by atoms with E-state index >= 15 is 0 Å². The van der Waals surface area contributed by atoms with Gasteiger partial charge in [-0.2, -0.15) is 0 Å². The van der Waals surface area contributed by atoms with Crippen LogP contribution in [-0.2, 0) is 19.0 Å². The fraction of sp³-hybridized carbons (Fsp3) is 0.857. The van der Waals surface area contributed by atoms with Gasteiger partial charge in [0.2, 0.25) is 0 Å². The van der Waals surface area contributed by atoms with E-state index in [0.29, 0.717) is 19.6 Å². The Balaban J connectivity index is 2.66. The Bertz CT molecular complexity index is 149. The summed E-state index contributed by atoms with van der Waals surface area (Å²) in [6, 6.07) is 0. The second kappa shape index (κ2) is 3.19. The molecule has 1 atom stereocenters. The maximum absolute atomic E-state index is 11.1. The maximum atomic E-state index is 11.1. The third-order valence-electron chi connectivity index (χ3n) is 1.93. The number of carbonyl (C=O) groups excluding carboxylic acids is 1. The van der Waals surface area contributed by atoms with Gasteiger partial charge < -0.3 is 14.2 Å². The van der Waals surface area contributed by atoms with Crippen LogP contribution in [0.25, 0.3) is 0 Å². The van der Waals surface area contributed by atoms with Crippen LogP contribution in [-0.4, -0.2) is 39.0 Å². The molecule has 1 fully saturated rings. The molecule has 0 bridgehead atoms. The molecule has 1 aliphatic rings. The molecule has 0 aliphatic carbocycles. The van der Waals surface area contributed by atoms with Crippen molar-refractivity contribution in [3.05, 3.63) is 0 Å². The second-order valence-corrected chi connectivity index (χ2v) is 2.49. The van der Waals surface area contributed by atoms with Crippen molar-refractivity contribution in [2.24, 2.45) is 0 Å². The lowest BCUT2D eigenvalue weighted by Gasteiger charge is -2.21. The Hall–Kier alpha value is -0.610. The van der Waals surface area contributed by atoms with Crippen LogP contribution in [0.2, 0.25) is 0 Å². The Morgan fingerprint density at radius 3 is 2.64 bits per heavy atom. The zero-order valence-corrected chi connectivity index (χ0v) is 6.75. The van der Waals surface area contributed by atoms with E-state index in [1.165, 1.54) is 14.2 Å². The maximum Gasteiger partial charge on any atom is 0.340 e. The average molecular weight is 160 g/mol. The fourth-order valence-corrected chi connectivity index (χ4v) is 1.14. The number of hydrogen-bond donors (Lipinski definition) is 0. The molecule has 0 N–H and O–H groups in total. The third-order valence-corrected chi connectivity index (χ3v) is 1.93. The molecule has 1 rings (SSSR count). The number of carbonyl (C=O) groups is 1. The summed E-state index contributed by atoms with van der Waals surface area (Å²) in [5, 5.41) is 0. The lowest BCUT2D eigenvalue weighted by molar-refractivity contribution is -0.165. The Morgan fingerprint density at radius 1 is 1.55 bits per heavy atom. The monoisotopic (exact) mass is 160 g/mol. The van der Waals surface area contributed by atoms with Gasteiger partial charge in [-0.05, 0) is 0 Å². The number of ether oxygens (including phenoxy) is 3. The molecule has 64 valence electrons. The van der Waals surface area contributed by atoms with Crippen molar-refractivity contribution >= 4 is 5.97 Å². The van der Waals surface area contributed by atoms with Crippen molar-refractivity contribution in [2.45, 2.75) is 12.0 Å². The first-order valence-corrected chi connectivity index (χ1v) is 3.46. The molecule has 1 heterocycles. The molecule has 0 radical (unpaired) electrons. The molecule has 0 spiro atoms. The predicted molar refractivity (Wildman–Crippen MR) is 37.2 cm³/mol. The zero-order chi connectivity index (χ0) is 8.32. The predicted octanol–water partition coefficient (Wildman–Crippen LogP) is -0.0351. The highest BCUT2D eigenvalue weighted by Gasteiger charge is 2.43. The van der Waals surface area contributed by atoms with Crippen LogP contribution < -0.4 is 0 Å². The van der Waals surface area contributed by atoms with Gasteiger partial charge in [0.05, 0.1) is 20.3 Å². The summed E-state index contributed by atoms with van der Waals surface area (Å²) < 4.78 is 14.7. The fourth-order valence-electron chi connectivity index (χ4n) is 1.14. The van der Waals surface area contributed by atoms with Crippen molar-refractivity contribution in [1.82, 2.24) is 0 Å². The summed E-state index contributed by atoms with van der Waals surface area (Å²) in [5.41, 5.74) is -0.839. The van der Waals surface area contributed by atoms with Gasteiger partial charge >= 0.3 is 5.97 Å². The standard InChI is InChI=1S/C7H12O4/c1-9-6(8)7(10-2)3-4-11-5-7/h3-5H2,1-2H3/t7-/m1/s1. The van der Waals surface area contributed by atoms with Crippen LogP contribution >= 0.6 is 0 Å². The molecule has 4 nitrogen and oxygen atoms in total. The summed E-state index contributed by atoms with van der Waals surface area (Å²) in [4.78, 5) is 11.1. The second-order valence-electron chi connectivity index (χ2n) is 2.49. The molecule has 4 heteroatoms. The van der Waals surface area contributed by atoms with Gasteiger partial charge in [0.25, 0.3) is 0 Å². The molecular weight excluding hydrogens is 148 g/mol. The highest BCUT2D eigenvalue weighted by atomic mass is 16.6. The van der Waals surface area contributed by atoms with E-state index in [9.17, 15) is 4.79 Å². The largest absolute Gasteiger partial charge is 0.467 e. The average Bonchev–Trinajstić information content (AvgIpc) is 2.52. The van der Waals surface area contributed by atoms with Crippen LogP contribution in [0.15, 0.2) is 0 Å². The SMILES string of the molecule is COC(=O)[C@@]1(OC)CCOC1. The number of methoxy groups -OCH3 is 2. The molecule has 0 unspecified atom stereocenters. The van der Waals surface area contributed by atoms with Gasteiger partial charge in [0.1, 0.15) is 0 Å². The molecular formula is C7H12O4. The summed E-state index contributed by atoms with van der Waals surface area (Å²) >= 11 is 0. The van der Waals surface area contributed by atoms with E-state index in [2.05, 4.69) is 4.74 Å². The first-order chi connectivity index (χ1) is 5.25. The van der Waals surface area contributed by atoms with Crippen LogP contribution in [0.4, 0.5) is 0 Å². The third kappa shape index (κ3) is 1.36. The minimum Gasteiger partial charge on any atom is -0.467 e. The van der Waals surface area contributed by atoms with Crippen molar-refractivity contribution in [2.75, 3.05) is 27.4 Å². The van der Waals surface area contributed by atoms with Crippen molar-refractivity contribution in [3.8, 4) is 0 Å². The van der Waals surface area contributed by atoms with E-state index in [-0.39, 0.29) is 5.97 Å². The normalized spacial score (nSPS) is 30.4.